The predicted molar refractivity (Wildman–Crippen MR) is 60.7 cm³/mol. The molecule has 0 bridgehead atoms. The maximum Gasteiger partial charge on any atom is 0.329 e. The molecule has 0 saturated carbocycles. The monoisotopic (exact) mass is 228 g/mol. The smallest absolute Gasteiger partial charge is 0.324 e. The number of rotatable bonds is 4. The van der Waals surface area contributed by atoms with Gasteiger partial charge in [-0.05, 0) is 23.5 Å². The van der Waals surface area contributed by atoms with Gasteiger partial charge in [0.1, 0.15) is 0 Å². The topological polar surface area (TPSA) is 57.5 Å². The van der Waals surface area contributed by atoms with Crippen molar-refractivity contribution >= 4 is 7.60 Å². The fourth-order valence-electron chi connectivity index (χ4n) is 1.49. The zero-order chi connectivity index (χ0) is 11.5. The van der Waals surface area contributed by atoms with Gasteiger partial charge in [-0.25, -0.2) is 0 Å². The molecule has 0 radical (unpaired) electrons. The molecule has 0 spiro atoms. The van der Waals surface area contributed by atoms with Gasteiger partial charge >= 0.3 is 7.60 Å². The summed E-state index contributed by atoms with van der Waals surface area (Å²) in [5.74, 6) is 0.595. The van der Waals surface area contributed by atoms with Crippen molar-refractivity contribution in [2.45, 2.75) is 26.4 Å². The lowest BCUT2D eigenvalue weighted by atomic mass is 10.0. The van der Waals surface area contributed by atoms with E-state index in [4.69, 9.17) is 9.79 Å². The van der Waals surface area contributed by atoms with Crippen LogP contribution in [0.5, 0.6) is 0 Å². The summed E-state index contributed by atoms with van der Waals surface area (Å²) in [6.07, 6.45) is 0.825. The lowest BCUT2D eigenvalue weighted by Gasteiger charge is -2.07. The molecule has 0 heterocycles. The second-order valence-electron chi connectivity index (χ2n) is 4.24. The van der Waals surface area contributed by atoms with Crippen LogP contribution in [0.1, 0.15) is 25.0 Å². The molecule has 0 aliphatic heterocycles. The van der Waals surface area contributed by atoms with E-state index in [1.54, 1.807) is 12.1 Å². The minimum atomic E-state index is -3.93. The van der Waals surface area contributed by atoms with Crippen LogP contribution in [-0.4, -0.2) is 9.79 Å². The van der Waals surface area contributed by atoms with Crippen molar-refractivity contribution in [2.75, 3.05) is 0 Å². The summed E-state index contributed by atoms with van der Waals surface area (Å²) < 4.78 is 10.8. The van der Waals surface area contributed by atoms with Crippen LogP contribution in [-0.2, 0) is 17.1 Å². The van der Waals surface area contributed by atoms with Gasteiger partial charge in [0.05, 0.1) is 6.16 Å². The minimum Gasteiger partial charge on any atom is -0.324 e. The van der Waals surface area contributed by atoms with Crippen molar-refractivity contribution in [1.82, 2.24) is 0 Å². The molecule has 84 valence electrons. The van der Waals surface area contributed by atoms with E-state index in [0.717, 1.165) is 6.42 Å². The molecule has 0 saturated heterocycles. The van der Waals surface area contributed by atoms with E-state index in [1.165, 1.54) is 5.56 Å². The van der Waals surface area contributed by atoms with E-state index in [0.29, 0.717) is 11.5 Å². The van der Waals surface area contributed by atoms with E-state index in [-0.39, 0.29) is 6.16 Å². The third-order valence-corrected chi connectivity index (χ3v) is 2.83. The van der Waals surface area contributed by atoms with Crippen molar-refractivity contribution in [3.8, 4) is 0 Å². The molecule has 1 aromatic rings. The highest BCUT2D eigenvalue weighted by Gasteiger charge is 2.13. The highest BCUT2D eigenvalue weighted by molar-refractivity contribution is 7.50. The molecule has 1 rings (SSSR count). The molecule has 4 heteroatoms. The Balaban J connectivity index is 2.68. The Labute approximate surface area is 90.3 Å². The average Bonchev–Trinajstić information content (AvgIpc) is 2.05. The maximum atomic E-state index is 10.8. The standard InChI is InChI=1S/C11H17O3P/c1-9(2)7-10-3-5-11(6-4-10)8-15(12,13)14/h3-6,9H,7-8H2,1-2H3,(H2,12,13,14). The van der Waals surface area contributed by atoms with Gasteiger partial charge in [-0.3, -0.25) is 4.57 Å². The molecule has 0 amide bonds. The van der Waals surface area contributed by atoms with Crippen molar-refractivity contribution in [3.63, 3.8) is 0 Å². The summed E-state index contributed by atoms with van der Waals surface area (Å²) >= 11 is 0. The molecular formula is C11H17O3P. The highest BCUT2D eigenvalue weighted by Crippen LogP contribution is 2.38. The zero-order valence-corrected chi connectivity index (χ0v) is 9.95. The maximum absolute atomic E-state index is 10.8. The Hall–Kier alpha value is -0.630. The van der Waals surface area contributed by atoms with Gasteiger partial charge in [0.2, 0.25) is 0 Å². The third kappa shape index (κ3) is 5.12. The first kappa shape index (κ1) is 12.4. The van der Waals surface area contributed by atoms with Crippen LogP contribution < -0.4 is 0 Å². The molecule has 0 fully saturated rings. The lowest BCUT2D eigenvalue weighted by Crippen LogP contribution is -1.94. The molecule has 0 aromatic heterocycles. The Morgan fingerprint density at radius 2 is 1.60 bits per heavy atom. The molecule has 3 nitrogen and oxygen atoms in total. The Bertz CT molecular complexity index is 351. The van der Waals surface area contributed by atoms with Gasteiger partial charge < -0.3 is 9.79 Å². The molecule has 0 unspecified atom stereocenters. The van der Waals surface area contributed by atoms with Gasteiger partial charge in [0, 0.05) is 0 Å². The Morgan fingerprint density at radius 3 is 2.00 bits per heavy atom. The van der Waals surface area contributed by atoms with Crippen molar-refractivity contribution in [2.24, 2.45) is 5.92 Å². The largest absolute Gasteiger partial charge is 0.329 e. The number of benzene rings is 1. The molecule has 15 heavy (non-hydrogen) atoms. The van der Waals surface area contributed by atoms with Crippen LogP contribution in [0.15, 0.2) is 24.3 Å². The Morgan fingerprint density at radius 1 is 1.13 bits per heavy atom. The van der Waals surface area contributed by atoms with Crippen LogP contribution in [0.25, 0.3) is 0 Å². The van der Waals surface area contributed by atoms with Gasteiger partial charge in [-0.1, -0.05) is 38.1 Å². The number of hydrogen-bond donors (Lipinski definition) is 2. The second kappa shape index (κ2) is 4.93. The minimum absolute atomic E-state index is 0.172. The van der Waals surface area contributed by atoms with Crippen molar-refractivity contribution in [1.29, 1.82) is 0 Å². The van der Waals surface area contributed by atoms with E-state index >= 15 is 0 Å². The van der Waals surface area contributed by atoms with Gasteiger partial charge in [0.15, 0.2) is 0 Å². The third-order valence-electron chi connectivity index (χ3n) is 2.06. The number of hydrogen-bond acceptors (Lipinski definition) is 1. The predicted octanol–water partition coefficient (Wildman–Crippen LogP) is 2.56. The van der Waals surface area contributed by atoms with Crippen molar-refractivity contribution in [3.05, 3.63) is 35.4 Å². The zero-order valence-electron chi connectivity index (χ0n) is 9.05. The highest BCUT2D eigenvalue weighted by atomic mass is 31.2. The summed E-state index contributed by atoms with van der Waals surface area (Å²) in [6.45, 7) is 4.28. The van der Waals surface area contributed by atoms with E-state index < -0.39 is 7.60 Å². The van der Waals surface area contributed by atoms with E-state index in [9.17, 15) is 4.57 Å². The summed E-state index contributed by atoms with van der Waals surface area (Å²) in [6, 6.07) is 7.45. The molecule has 0 aliphatic carbocycles. The van der Waals surface area contributed by atoms with Crippen LogP contribution in [0, 0.1) is 5.92 Å². The van der Waals surface area contributed by atoms with Gasteiger partial charge in [-0.2, -0.15) is 0 Å². The first-order chi connectivity index (χ1) is 6.87. The fourth-order valence-corrected chi connectivity index (χ4v) is 2.18. The van der Waals surface area contributed by atoms with Crippen LogP contribution in [0.3, 0.4) is 0 Å². The SMILES string of the molecule is CC(C)Cc1ccc(CP(=O)(O)O)cc1. The van der Waals surface area contributed by atoms with E-state index in [2.05, 4.69) is 13.8 Å². The average molecular weight is 228 g/mol. The van der Waals surface area contributed by atoms with Crippen LogP contribution >= 0.6 is 7.60 Å². The Kier molecular flexibility index (Phi) is 4.09. The first-order valence-corrected chi connectivity index (χ1v) is 6.79. The lowest BCUT2D eigenvalue weighted by molar-refractivity contribution is 0.371. The normalized spacial score (nSPS) is 12.1. The molecule has 0 aliphatic rings. The summed E-state index contributed by atoms with van der Waals surface area (Å²) in [5, 5.41) is 0. The quantitative estimate of drug-likeness (QED) is 0.778. The molecular weight excluding hydrogens is 211 g/mol. The van der Waals surface area contributed by atoms with Gasteiger partial charge in [-0.15, -0.1) is 0 Å². The first-order valence-electron chi connectivity index (χ1n) is 4.99. The van der Waals surface area contributed by atoms with E-state index in [1.807, 2.05) is 12.1 Å². The van der Waals surface area contributed by atoms with Gasteiger partial charge in [0.25, 0.3) is 0 Å². The summed E-state index contributed by atoms with van der Waals surface area (Å²) in [4.78, 5) is 17.6. The van der Waals surface area contributed by atoms with Crippen LogP contribution in [0.2, 0.25) is 0 Å². The van der Waals surface area contributed by atoms with Crippen LogP contribution in [0.4, 0.5) is 0 Å². The molecule has 1 aromatic carbocycles. The molecule has 2 N–H and O–H groups in total. The summed E-state index contributed by atoms with van der Waals surface area (Å²) in [5.41, 5.74) is 1.90. The molecule has 0 atom stereocenters. The van der Waals surface area contributed by atoms with Crippen molar-refractivity contribution < 1.29 is 14.4 Å². The summed E-state index contributed by atoms with van der Waals surface area (Å²) in [7, 11) is -3.93. The fraction of sp³-hybridized carbons (Fsp3) is 0.455. The second-order valence-corrected chi connectivity index (χ2v) is 5.88.